The Morgan fingerprint density at radius 2 is 1.69 bits per heavy atom. The number of alkyl halides is 3. The molecule has 8 heteroatoms. The molecule has 0 aliphatic heterocycles. The van der Waals surface area contributed by atoms with Gasteiger partial charge in [0, 0.05) is 12.5 Å². The molecule has 36 heavy (non-hydrogen) atoms. The summed E-state index contributed by atoms with van der Waals surface area (Å²) in [6.07, 6.45) is -4.61. The Balaban J connectivity index is 1.87. The first-order valence-electron chi connectivity index (χ1n) is 11.4. The van der Waals surface area contributed by atoms with Crippen LogP contribution in [0.25, 0.3) is 11.1 Å². The Hall–Kier alpha value is -3.91. The zero-order chi connectivity index (χ0) is 25.9. The van der Waals surface area contributed by atoms with Gasteiger partial charge < -0.3 is 10.5 Å². The van der Waals surface area contributed by atoms with E-state index in [1.807, 2.05) is 30.3 Å². The molecule has 1 heterocycles. The third kappa shape index (κ3) is 5.33. The van der Waals surface area contributed by atoms with Crippen LogP contribution in [0.4, 0.5) is 13.2 Å². The smallest absolute Gasteiger partial charge is 0.416 e. The summed E-state index contributed by atoms with van der Waals surface area (Å²) in [7, 11) is 1.52. The van der Waals surface area contributed by atoms with Gasteiger partial charge in [-0.25, -0.2) is 4.68 Å². The monoisotopic (exact) mass is 493 g/mol. The predicted molar refractivity (Wildman–Crippen MR) is 133 cm³/mol. The Morgan fingerprint density at radius 3 is 2.39 bits per heavy atom. The molecule has 0 bridgehead atoms. The van der Waals surface area contributed by atoms with Crippen molar-refractivity contribution in [1.29, 1.82) is 0 Å². The third-order valence-electron chi connectivity index (χ3n) is 6.13. The van der Waals surface area contributed by atoms with Crippen molar-refractivity contribution >= 4 is 0 Å². The topological polar surface area (TPSA) is 70.1 Å². The van der Waals surface area contributed by atoms with E-state index in [0.717, 1.165) is 11.6 Å². The van der Waals surface area contributed by atoms with Gasteiger partial charge in [0.25, 0.3) is 5.56 Å². The average Bonchev–Trinajstić information content (AvgIpc) is 2.87. The summed E-state index contributed by atoms with van der Waals surface area (Å²) in [5, 5.41) is 4.51. The van der Waals surface area contributed by atoms with Crippen LogP contribution in [-0.2, 0) is 19.1 Å². The van der Waals surface area contributed by atoms with Crippen LogP contribution in [0.5, 0.6) is 5.75 Å². The van der Waals surface area contributed by atoms with Crippen molar-refractivity contribution < 1.29 is 17.9 Å². The number of rotatable bonds is 7. The minimum atomic E-state index is -4.51. The summed E-state index contributed by atoms with van der Waals surface area (Å²) in [5.41, 5.74) is 7.99. The first kappa shape index (κ1) is 25.2. The lowest BCUT2D eigenvalue weighted by Gasteiger charge is -2.19. The summed E-state index contributed by atoms with van der Waals surface area (Å²) >= 11 is 0. The highest BCUT2D eigenvalue weighted by atomic mass is 19.4. The number of ether oxygens (including phenoxy) is 1. The van der Waals surface area contributed by atoms with Gasteiger partial charge in [0.2, 0.25) is 0 Å². The molecule has 0 saturated carbocycles. The molecule has 5 nitrogen and oxygen atoms in total. The van der Waals surface area contributed by atoms with Gasteiger partial charge in [-0.2, -0.15) is 18.3 Å². The number of methoxy groups -OCH3 is 1. The maximum Gasteiger partial charge on any atom is 0.416 e. The van der Waals surface area contributed by atoms with Crippen molar-refractivity contribution in [2.75, 3.05) is 7.11 Å². The van der Waals surface area contributed by atoms with E-state index in [-0.39, 0.29) is 24.1 Å². The van der Waals surface area contributed by atoms with Crippen molar-refractivity contribution in [1.82, 2.24) is 9.78 Å². The maximum atomic E-state index is 13.7. The Labute approximate surface area is 207 Å². The van der Waals surface area contributed by atoms with Gasteiger partial charge in [0.05, 0.1) is 30.5 Å². The second-order valence-electron chi connectivity index (χ2n) is 8.51. The molecule has 186 valence electrons. The number of halogens is 3. The van der Waals surface area contributed by atoms with Crippen LogP contribution < -0.4 is 16.0 Å². The zero-order valence-electron chi connectivity index (χ0n) is 19.9. The lowest BCUT2D eigenvalue weighted by molar-refractivity contribution is -0.138. The molecule has 4 aromatic rings. The largest absolute Gasteiger partial charge is 0.497 e. The molecule has 1 aromatic heterocycles. The molecule has 1 unspecified atom stereocenters. The molecule has 0 amide bonds. The fraction of sp³-hybridized carbons (Fsp3) is 0.214. The first-order valence-corrected chi connectivity index (χ1v) is 11.4. The summed E-state index contributed by atoms with van der Waals surface area (Å²) in [6, 6.07) is 21.1. The van der Waals surface area contributed by atoms with Crippen LogP contribution in [0, 0.1) is 6.92 Å². The van der Waals surface area contributed by atoms with Crippen molar-refractivity contribution in [3.63, 3.8) is 0 Å². The lowest BCUT2D eigenvalue weighted by Crippen LogP contribution is -2.32. The van der Waals surface area contributed by atoms with Gasteiger partial charge in [-0.15, -0.1) is 0 Å². The predicted octanol–water partition coefficient (Wildman–Crippen LogP) is 5.54. The second kappa shape index (κ2) is 10.4. The van der Waals surface area contributed by atoms with Crippen molar-refractivity contribution in [2.24, 2.45) is 5.73 Å². The quantitative estimate of drug-likeness (QED) is 0.367. The van der Waals surface area contributed by atoms with Crippen molar-refractivity contribution in [2.45, 2.75) is 32.1 Å². The van der Waals surface area contributed by atoms with E-state index < -0.39 is 17.8 Å². The number of hydrogen-bond acceptors (Lipinski definition) is 4. The Morgan fingerprint density at radius 1 is 1.00 bits per heavy atom. The van der Waals surface area contributed by atoms with Gasteiger partial charge in [0.15, 0.2) is 0 Å². The van der Waals surface area contributed by atoms with Crippen LogP contribution in [0.3, 0.4) is 0 Å². The molecule has 0 radical (unpaired) electrons. The molecule has 2 N–H and O–H groups in total. The molecule has 0 aliphatic rings. The van der Waals surface area contributed by atoms with Gasteiger partial charge in [-0.3, -0.25) is 4.79 Å². The molecule has 0 spiro atoms. The highest BCUT2D eigenvalue weighted by Gasteiger charge is 2.33. The van der Waals surface area contributed by atoms with E-state index in [1.165, 1.54) is 23.9 Å². The SMILES string of the molecule is COc1cccc(-c2c(C)c(Cc3ccccc3C(F)(F)F)nn(CC(N)c3ccccc3)c2=O)c1. The minimum Gasteiger partial charge on any atom is -0.497 e. The average molecular weight is 494 g/mol. The van der Waals surface area contributed by atoms with E-state index in [4.69, 9.17) is 10.5 Å². The zero-order valence-corrected chi connectivity index (χ0v) is 19.9. The van der Waals surface area contributed by atoms with Crippen LogP contribution in [-0.4, -0.2) is 16.9 Å². The highest BCUT2D eigenvalue weighted by molar-refractivity contribution is 5.68. The van der Waals surface area contributed by atoms with Crippen molar-refractivity contribution in [3.8, 4) is 16.9 Å². The van der Waals surface area contributed by atoms with Crippen molar-refractivity contribution in [3.05, 3.63) is 117 Å². The lowest BCUT2D eigenvalue weighted by atomic mass is 9.96. The molecular formula is C28H26F3N3O2. The fourth-order valence-electron chi connectivity index (χ4n) is 4.23. The number of nitrogens with zero attached hydrogens (tertiary/aromatic N) is 2. The second-order valence-corrected chi connectivity index (χ2v) is 8.51. The Kier molecular flexibility index (Phi) is 7.26. The number of benzene rings is 3. The number of aromatic nitrogens is 2. The molecule has 0 aliphatic carbocycles. The van der Waals surface area contributed by atoms with Crippen LogP contribution in [0.1, 0.15) is 34.0 Å². The molecule has 0 fully saturated rings. The van der Waals surface area contributed by atoms with Gasteiger partial charge in [-0.05, 0) is 47.4 Å². The van der Waals surface area contributed by atoms with Crippen LogP contribution >= 0.6 is 0 Å². The van der Waals surface area contributed by atoms with Gasteiger partial charge in [-0.1, -0.05) is 60.7 Å². The molecule has 4 rings (SSSR count). The van der Waals surface area contributed by atoms with Gasteiger partial charge in [0.1, 0.15) is 5.75 Å². The van der Waals surface area contributed by atoms with E-state index in [9.17, 15) is 18.0 Å². The summed E-state index contributed by atoms with van der Waals surface area (Å²) in [6.45, 7) is 1.77. The fourth-order valence-corrected chi connectivity index (χ4v) is 4.23. The minimum absolute atomic E-state index is 0.0635. The maximum absolute atomic E-state index is 13.7. The number of hydrogen-bond donors (Lipinski definition) is 1. The van der Waals surface area contributed by atoms with Gasteiger partial charge >= 0.3 is 6.18 Å². The summed E-state index contributed by atoms with van der Waals surface area (Å²) in [5.74, 6) is 0.555. The summed E-state index contributed by atoms with van der Waals surface area (Å²) < 4.78 is 47.6. The molecule has 0 saturated heterocycles. The normalized spacial score (nSPS) is 12.4. The number of nitrogens with two attached hydrogens (primary N) is 1. The van der Waals surface area contributed by atoms with Crippen LogP contribution in [0.15, 0.2) is 83.7 Å². The summed E-state index contributed by atoms with van der Waals surface area (Å²) in [4.78, 5) is 13.6. The highest BCUT2D eigenvalue weighted by Crippen LogP contribution is 2.33. The first-order chi connectivity index (χ1) is 17.2. The molecule has 3 aromatic carbocycles. The van der Waals surface area contributed by atoms with E-state index in [2.05, 4.69) is 5.10 Å². The molecular weight excluding hydrogens is 467 g/mol. The molecule has 1 atom stereocenters. The van der Waals surface area contributed by atoms with E-state index in [1.54, 1.807) is 37.3 Å². The third-order valence-corrected chi connectivity index (χ3v) is 6.13. The van der Waals surface area contributed by atoms with Crippen LogP contribution in [0.2, 0.25) is 0 Å². The van der Waals surface area contributed by atoms with E-state index in [0.29, 0.717) is 28.1 Å². The standard InChI is InChI=1S/C28H26F3N3O2/c1-18-25(16-20-11-6-7-14-23(20)28(29,30)31)33-34(17-24(32)19-9-4-3-5-10-19)27(35)26(18)21-12-8-13-22(15-21)36-2/h3-15,24H,16-17,32H2,1-2H3. The Bertz CT molecular complexity index is 1420. The van der Waals surface area contributed by atoms with E-state index >= 15 is 0 Å².